The molecule has 2 N–H and O–H groups in total. The van der Waals surface area contributed by atoms with Gasteiger partial charge in [-0.25, -0.2) is 4.79 Å². The Morgan fingerprint density at radius 3 is 2.21 bits per heavy atom. The summed E-state index contributed by atoms with van der Waals surface area (Å²) < 4.78 is 12.3. The van der Waals surface area contributed by atoms with Gasteiger partial charge in [-0.1, -0.05) is 54.1 Å². The second-order valence-corrected chi connectivity index (χ2v) is 6.76. The molecule has 5 heteroatoms. The highest BCUT2D eigenvalue weighted by Gasteiger charge is 2.60. The second kappa shape index (κ2) is 5.88. The number of rotatable bonds is 2. The number of esters is 1. The van der Waals surface area contributed by atoms with Crippen LogP contribution in [0.2, 0.25) is 5.02 Å². The molecule has 2 aromatic rings. The van der Waals surface area contributed by atoms with Crippen LogP contribution in [0, 0.1) is 0 Å². The van der Waals surface area contributed by atoms with Crippen molar-refractivity contribution in [2.45, 2.75) is 24.2 Å². The molecule has 2 saturated heterocycles. The zero-order valence-corrected chi connectivity index (χ0v) is 14.0. The molecule has 0 amide bonds. The fourth-order valence-corrected chi connectivity index (χ4v) is 3.70. The van der Waals surface area contributed by atoms with Crippen LogP contribution >= 0.6 is 11.6 Å². The lowest BCUT2D eigenvalue weighted by Gasteiger charge is -2.32. The fourth-order valence-electron chi connectivity index (χ4n) is 3.58. The monoisotopic (exact) mass is 344 g/mol. The van der Waals surface area contributed by atoms with Crippen LogP contribution in [0.25, 0.3) is 0 Å². The standard InChI is InChI=1S/C19H18ClNO3/c20-16-8-6-15(7-9-16)19(14-4-2-1-3-5-14)17(22)23-18(24-19)10-12-21-13-11-18/h1-9,21H,10-13H2/p+1. The molecule has 2 fully saturated rings. The van der Waals surface area contributed by atoms with Crippen LogP contribution in [-0.2, 0) is 19.9 Å². The summed E-state index contributed by atoms with van der Waals surface area (Å²) in [6.07, 6.45) is 1.39. The van der Waals surface area contributed by atoms with Crippen LogP contribution in [0.1, 0.15) is 24.0 Å². The van der Waals surface area contributed by atoms with Gasteiger partial charge in [0, 0.05) is 5.02 Å². The number of piperidine rings is 1. The molecule has 124 valence electrons. The Balaban J connectivity index is 1.85. The number of carbonyl (C=O) groups is 1. The molecule has 0 bridgehead atoms. The first-order valence-corrected chi connectivity index (χ1v) is 8.59. The number of quaternary nitrogens is 1. The Hall–Kier alpha value is -1.88. The topological polar surface area (TPSA) is 52.1 Å². The van der Waals surface area contributed by atoms with Crippen LogP contribution in [0.15, 0.2) is 54.6 Å². The van der Waals surface area contributed by atoms with Crippen molar-refractivity contribution in [1.29, 1.82) is 0 Å². The van der Waals surface area contributed by atoms with Gasteiger partial charge < -0.3 is 14.8 Å². The Kier molecular flexibility index (Phi) is 3.83. The maximum Gasteiger partial charge on any atom is 0.350 e. The van der Waals surface area contributed by atoms with E-state index < -0.39 is 11.4 Å². The molecule has 0 aromatic heterocycles. The first-order chi connectivity index (χ1) is 11.6. The van der Waals surface area contributed by atoms with Gasteiger partial charge >= 0.3 is 5.97 Å². The number of nitrogens with two attached hydrogens (primary N) is 1. The minimum absolute atomic E-state index is 0.349. The van der Waals surface area contributed by atoms with Crippen LogP contribution in [-0.4, -0.2) is 24.8 Å². The number of hydrogen-bond acceptors (Lipinski definition) is 3. The summed E-state index contributed by atoms with van der Waals surface area (Å²) in [5, 5.41) is 2.84. The zero-order chi connectivity index (χ0) is 16.6. The van der Waals surface area contributed by atoms with Gasteiger partial charge in [-0.3, -0.25) is 0 Å². The Bertz CT molecular complexity index is 741. The van der Waals surface area contributed by atoms with Crippen LogP contribution < -0.4 is 5.32 Å². The van der Waals surface area contributed by atoms with E-state index in [9.17, 15) is 4.79 Å². The molecule has 0 radical (unpaired) electrons. The molecule has 0 aliphatic carbocycles. The van der Waals surface area contributed by atoms with Gasteiger partial charge in [0.05, 0.1) is 25.9 Å². The van der Waals surface area contributed by atoms with E-state index in [4.69, 9.17) is 21.1 Å². The number of benzene rings is 2. The molecule has 2 aliphatic rings. The minimum Gasteiger partial charge on any atom is -0.430 e. The summed E-state index contributed by atoms with van der Waals surface area (Å²) in [6.45, 7) is 1.78. The van der Waals surface area contributed by atoms with E-state index in [1.807, 2.05) is 42.5 Å². The van der Waals surface area contributed by atoms with Gasteiger partial charge in [-0.15, -0.1) is 0 Å². The van der Waals surface area contributed by atoms with E-state index in [-0.39, 0.29) is 5.97 Å². The smallest absolute Gasteiger partial charge is 0.350 e. The van der Waals surface area contributed by atoms with E-state index in [1.54, 1.807) is 12.1 Å². The van der Waals surface area contributed by atoms with Crippen molar-refractivity contribution in [3.8, 4) is 0 Å². The van der Waals surface area contributed by atoms with Gasteiger partial charge in [-0.2, -0.15) is 0 Å². The quantitative estimate of drug-likeness (QED) is 0.850. The van der Waals surface area contributed by atoms with Crippen molar-refractivity contribution in [2.75, 3.05) is 13.1 Å². The summed E-state index contributed by atoms with van der Waals surface area (Å²) >= 11 is 6.03. The van der Waals surface area contributed by atoms with Gasteiger partial charge in [0.2, 0.25) is 11.4 Å². The lowest BCUT2D eigenvalue weighted by Crippen LogP contribution is -2.88. The first kappa shape index (κ1) is 15.6. The average molecular weight is 345 g/mol. The molecule has 24 heavy (non-hydrogen) atoms. The summed E-state index contributed by atoms with van der Waals surface area (Å²) in [5.74, 6) is -1.18. The third-order valence-corrected chi connectivity index (χ3v) is 5.05. The van der Waals surface area contributed by atoms with Crippen molar-refractivity contribution in [3.63, 3.8) is 0 Å². The molecule has 4 nitrogen and oxygen atoms in total. The molecule has 2 heterocycles. The summed E-state index contributed by atoms with van der Waals surface area (Å²) in [6, 6.07) is 16.8. The average Bonchev–Trinajstić information content (AvgIpc) is 2.90. The van der Waals surface area contributed by atoms with Crippen LogP contribution in [0.4, 0.5) is 0 Å². The second-order valence-electron chi connectivity index (χ2n) is 6.32. The number of carbonyl (C=O) groups excluding carboxylic acids is 1. The highest BCUT2D eigenvalue weighted by molar-refractivity contribution is 6.30. The number of halogens is 1. The van der Waals surface area contributed by atoms with Crippen LogP contribution in [0.5, 0.6) is 0 Å². The van der Waals surface area contributed by atoms with E-state index in [0.717, 1.165) is 24.2 Å². The predicted octanol–water partition coefficient (Wildman–Crippen LogP) is 2.21. The van der Waals surface area contributed by atoms with Gasteiger partial charge in [0.1, 0.15) is 0 Å². The van der Waals surface area contributed by atoms with Crippen molar-refractivity contribution in [2.24, 2.45) is 0 Å². The van der Waals surface area contributed by atoms with Crippen LogP contribution in [0.3, 0.4) is 0 Å². The lowest BCUT2D eigenvalue weighted by molar-refractivity contribution is -0.672. The highest BCUT2D eigenvalue weighted by Crippen LogP contribution is 2.47. The SMILES string of the molecule is O=C1OC2(CC[NH2+]CC2)OC1(c1ccccc1)c1ccc(Cl)cc1. The van der Waals surface area contributed by atoms with E-state index in [0.29, 0.717) is 17.9 Å². The summed E-state index contributed by atoms with van der Waals surface area (Å²) in [7, 11) is 0. The number of hydrogen-bond donors (Lipinski definition) is 1. The van der Waals surface area contributed by atoms with E-state index in [1.165, 1.54) is 0 Å². The highest BCUT2D eigenvalue weighted by atomic mass is 35.5. The fraction of sp³-hybridized carbons (Fsp3) is 0.316. The molecular weight excluding hydrogens is 326 g/mol. The van der Waals surface area contributed by atoms with Crippen molar-refractivity contribution >= 4 is 17.6 Å². The largest absolute Gasteiger partial charge is 0.430 e. The molecule has 1 spiro atoms. The van der Waals surface area contributed by atoms with Crippen molar-refractivity contribution in [1.82, 2.24) is 0 Å². The normalized spacial score (nSPS) is 25.6. The maximum atomic E-state index is 13.1. The predicted molar refractivity (Wildman–Crippen MR) is 89.5 cm³/mol. The minimum atomic E-state index is -1.23. The molecule has 1 unspecified atom stereocenters. The molecule has 0 saturated carbocycles. The van der Waals surface area contributed by atoms with Gasteiger partial charge in [0.15, 0.2) is 0 Å². The Morgan fingerprint density at radius 2 is 1.54 bits per heavy atom. The van der Waals surface area contributed by atoms with Gasteiger partial charge in [0.25, 0.3) is 0 Å². The Labute approximate surface area is 145 Å². The molecule has 2 aliphatic heterocycles. The number of ether oxygens (including phenoxy) is 2. The molecule has 2 aromatic carbocycles. The first-order valence-electron chi connectivity index (χ1n) is 8.22. The van der Waals surface area contributed by atoms with Crippen molar-refractivity contribution < 1.29 is 19.6 Å². The van der Waals surface area contributed by atoms with E-state index in [2.05, 4.69) is 5.32 Å². The summed E-state index contributed by atoms with van der Waals surface area (Å²) in [4.78, 5) is 13.1. The lowest BCUT2D eigenvalue weighted by atomic mass is 9.86. The Morgan fingerprint density at radius 1 is 0.917 bits per heavy atom. The van der Waals surface area contributed by atoms with Gasteiger partial charge in [-0.05, 0) is 23.3 Å². The van der Waals surface area contributed by atoms with E-state index >= 15 is 0 Å². The third-order valence-electron chi connectivity index (χ3n) is 4.80. The molecular formula is C19H19ClNO3+. The summed E-state index contributed by atoms with van der Waals surface area (Å²) in [5.41, 5.74) is 0.293. The maximum absolute atomic E-state index is 13.1. The zero-order valence-electron chi connectivity index (χ0n) is 13.2. The third kappa shape index (κ3) is 2.42. The molecule has 4 rings (SSSR count). The molecule has 1 atom stereocenters. The van der Waals surface area contributed by atoms with Crippen molar-refractivity contribution in [3.05, 3.63) is 70.7 Å².